The molecule has 0 saturated carbocycles. The fourth-order valence-electron chi connectivity index (χ4n) is 1.83. The number of benzene rings is 1. The first-order valence-corrected chi connectivity index (χ1v) is 6.04. The average molecular weight is 361 g/mol. The SMILES string of the molecule is Cl.NC(=O)C(N)[C@@H](CC(=O)O)c1cc(Cl)cc(C(F)(F)F)c1. The van der Waals surface area contributed by atoms with Crippen LogP contribution >= 0.6 is 24.0 Å². The van der Waals surface area contributed by atoms with E-state index in [1.54, 1.807) is 0 Å². The molecule has 0 aromatic heterocycles. The van der Waals surface area contributed by atoms with E-state index in [4.69, 9.17) is 28.2 Å². The van der Waals surface area contributed by atoms with Crippen molar-refractivity contribution >= 4 is 35.9 Å². The molecule has 22 heavy (non-hydrogen) atoms. The van der Waals surface area contributed by atoms with E-state index in [-0.39, 0.29) is 23.0 Å². The van der Waals surface area contributed by atoms with Crippen molar-refractivity contribution in [1.29, 1.82) is 0 Å². The first-order chi connectivity index (χ1) is 9.52. The lowest BCUT2D eigenvalue weighted by Gasteiger charge is -2.21. The maximum atomic E-state index is 12.7. The van der Waals surface area contributed by atoms with Gasteiger partial charge in [0.15, 0.2) is 0 Å². The lowest BCUT2D eigenvalue weighted by Crippen LogP contribution is -2.42. The molecule has 0 spiro atoms. The number of nitrogens with two attached hydrogens (primary N) is 2. The van der Waals surface area contributed by atoms with Crippen molar-refractivity contribution in [3.63, 3.8) is 0 Å². The molecule has 0 bridgehead atoms. The van der Waals surface area contributed by atoms with Crippen LogP contribution in [0.15, 0.2) is 18.2 Å². The fourth-order valence-corrected chi connectivity index (χ4v) is 2.07. The molecule has 0 fully saturated rings. The number of rotatable bonds is 5. The van der Waals surface area contributed by atoms with Crippen molar-refractivity contribution in [2.75, 3.05) is 0 Å². The molecule has 0 saturated heterocycles. The summed E-state index contributed by atoms with van der Waals surface area (Å²) < 4.78 is 38.2. The Morgan fingerprint density at radius 3 is 2.23 bits per heavy atom. The highest BCUT2D eigenvalue weighted by molar-refractivity contribution is 6.30. The third kappa shape index (κ3) is 5.36. The third-order valence-corrected chi connectivity index (χ3v) is 3.05. The monoisotopic (exact) mass is 360 g/mol. The highest BCUT2D eigenvalue weighted by atomic mass is 35.5. The van der Waals surface area contributed by atoms with Crippen LogP contribution in [0.25, 0.3) is 0 Å². The van der Waals surface area contributed by atoms with Crippen molar-refractivity contribution in [3.8, 4) is 0 Å². The summed E-state index contributed by atoms with van der Waals surface area (Å²) >= 11 is 5.62. The number of primary amides is 1. The Morgan fingerprint density at radius 1 is 1.27 bits per heavy atom. The van der Waals surface area contributed by atoms with E-state index in [1.165, 1.54) is 0 Å². The molecule has 1 aromatic carbocycles. The molecule has 0 heterocycles. The number of carbonyl (C=O) groups excluding carboxylic acids is 1. The molecule has 5 nitrogen and oxygen atoms in total. The number of hydrogen-bond acceptors (Lipinski definition) is 3. The minimum atomic E-state index is -4.66. The van der Waals surface area contributed by atoms with Gasteiger partial charge in [0.25, 0.3) is 0 Å². The lowest BCUT2D eigenvalue weighted by atomic mass is 9.87. The average Bonchev–Trinajstić information content (AvgIpc) is 2.32. The summed E-state index contributed by atoms with van der Waals surface area (Å²) in [5.74, 6) is -3.56. The van der Waals surface area contributed by atoms with Crippen LogP contribution in [0, 0.1) is 0 Å². The number of hydrogen-bond donors (Lipinski definition) is 3. The Morgan fingerprint density at radius 2 is 1.82 bits per heavy atom. The zero-order valence-corrected chi connectivity index (χ0v) is 12.5. The molecular weight excluding hydrogens is 348 g/mol. The van der Waals surface area contributed by atoms with Gasteiger partial charge in [-0.15, -0.1) is 12.4 Å². The van der Waals surface area contributed by atoms with E-state index in [2.05, 4.69) is 0 Å². The second-order valence-corrected chi connectivity index (χ2v) is 4.84. The Kier molecular flexibility index (Phi) is 7.14. The van der Waals surface area contributed by atoms with Crippen molar-refractivity contribution < 1.29 is 27.9 Å². The first-order valence-electron chi connectivity index (χ1n) is 5.66. The largest absolute Gasteiger partial charge is 0.481 e. The molecule has 124 valence electrons. The third-order valence-electron chi connectivity index (χ3n) is 2.83. The van der Waals surface area contributed by atoms with Gasteiger partial charge >= 0.3 is 12.1 Å². The van der Waals surface area contributed by atoms with Crippen LogP contribution in [0.3, 0.4) is 0 Å². The Hall–Kier alpha value is -1.51. The quantitative estimate of drug-likeness (QED) is 0.747. The van der Waals surface area contributed by atoms with Gasteiger partial charge in [-0.1, -0.05) is 11.6 Å². The summed E-state index contributed by atoms with van der Waals surface area (Å²) in [6.07, 6.45) is -5.31. The standard InChI is InChI=1S/C12H12ClF3N2O3.ClH/c13-7-2-5(1-6(3-7)12(14,15)16)8(4-9(19)20)10(17)11(18)21;/h1-3,8,10H,4,17H2,(H2,18,21)(H,19,20);1H/t8-,10?;/m0./s1. The summed E-state index contributed by atoms with van der Waals surface area (Å²) in [5, 5.41) is 8.57. The number of carboxylic acids is 1. The topological polar surface area (TPSA) is 106 Å². The van der Waals surface area contributed by atoms with Crippen LogP contribution < -0.4 is 11.5 Å². The zero-order chi connectivity index (χ0) is 16.4. The number of amides is 1. The first kappa shape index (κ1) is 20.5. The Labute approximate surface area is 134 Å². The van der Waals surface area contributed by atoms with E-state index in [0.717, 1.165) is 6.07 Å². The summed E-state index contributed by atoms with van der Waals surface area (Å²) in [7, 11) is 0. The van der Waals surface area contributed by atoms with E-state index in [1.807, 2.05) is 0 Å². The molecule has 1 rings (SSSR count). The number of carbonyl (C=O) groups is 2. The van der Waals surface area contributed by atoms with Crippen molar-refractivity contribution in [1.82, 2.24) is 0 Å². The normalized spacial score (nSPS) is 13.9. The minimum absolute atomic E-state index is 0. The maximum absolute atomic E-state index is 12.7. The number of aliphatic carboxylic acids is 1. The molecule has 10 heteroatoms. The molecule has 0 aliphatic carbocycles. The maximum Gasteiger partial charge on any atom is 0.416 e. The second-order valence-electron chi connectivity index (χ2n) is 4.40. The van der Waals surface area contributed by atoms with Gasteiger partial charge in [-0.2, -0.15) is 13.2 Å². The number of carboxylic acid groups (broad SMARTS) is 1. The van der Waals surface area contributed by atoms with Gasteiger partial charge in [0.1, 0.15) is 0 Å². The highest BCUT2D eigenvalue weighted by Crippen LogP contribution is 2.35. The molecule has 1 unspecified atom stereocenters. The predicted octanol–water partition coefficient (Wildman–Crippen LogP) is 2.15. The molecule has 0 radical (unpaired) electrons. The Bertz CT molecular complexity index is 567. The van der Waals surface area contributed by atoms with Gasteiger partial charge in [-0.25, -0.2) is 0 Å². The summed E-state index contributed by atoms with van der Waals surface area (Å²) in [4.78, 5) is 21.9. The summed E-state index contributed by atoms with van der Waals surface area (Å²) in [6.45, 7) is 0. The van der Waals surface area contributed by atoms with Crippen molar-refractivity contribution in [2.24, 2.45) is 11.5 Å². The summed E-state index contributed by atoms with van der Waals surface area (Å²) in [6, 6.07) is 1.09. The van der Waals surface area contributed by atoms with E-state index >= 15 is 0 Å². The second kappa shape index (κ2) is 7.66. The predicted molar refractivity (Wildman–Crippen MR) is 75.9 cm³/mol. The van der Waals surface area contributed by atoms with E-state index in [9.17, 15) is 22.8 Å². The van der Waals surface area contributed by atoms with Crippen LogP contribution in [0.5, 0.6) is 0 Å². The van der Waals surface area contributed by atoms with Crippen LogP contribution in [-0.4, -0.2) is 23.0 Å². The van der Waals surface area contributed by atoms with Gasteiger partial charge in [0.2, 0.25) is 5.91 Å². The van der Waals surface area contributed by atoms with Crippen LogP contribution in [0.4, 0.5) is 13.2 Å². The molecule has 1 amide bonds. The summed E-state index contributed by atoms with van der Waals surface area (Å²) in [5.41, 5.74) is 9.32. The zero-order valence-electron chi connectivity index (χ0n) is 10.9. The van der Waals surface area contributed by atoms with E-state index in [0.29, 0.717) is 12.1 Å². The van der Waals surface area contributed by atoms with Gasteiger partial charge in [-0.3, -0.25) is 9.59 Å². The van der Waals surface area contributed by atoms with Crippen LogP contribution in [0.1, 0.15) is 23.5 Å². The smallest absolute Gasteiger partial charge is 0.416 e. The lowest BCUT2D eigenvalue weighted by molar-refractivity contribution is -0.138. The molecule has 2 atom stereocenters. The van der Waals surface area contributed by atoms with Crippen LogP contribution in [0.2, 0.25) is 5.02 Å². The highest BCUT2D eigenvalue weighted by Gasteiger charge is 2.33. The number of halogens is 5. The van der Waals surface area contributed by atoms with Gasteiger partial charge in [0, 0.05) is 10.9 Å². The Balaban J connectivity index is 0.00000441. The van der Waals surface area contributed by atoms with E-state index < -0.39 is 42.0 Å². The molecular formula is C12H13Cl2F3N2O3. The molecule has 0 aliphatic rings. The van der Waals surface area contributed by atoms with Gasteiger partial charge < -0.3 is 16.6 Å². The van der Waals surface area contributed by atoms with Gasteiger partial charge in [0.05, 0.1) is 18.0 Å². The molecule has 1 aromatic rings. The van der Waals surface area contributed by atoms with Crippen molar-refractivity contribution in [2.45, 2.75) is 24.6 Å². The van der Waals surface area contributed by atoms with Crippen molar-refractivity contribution in [3.05, 3.63) is 34.3 Å². The molecule has 0 aliphatic heterocycles. The minimum Gasteiger partial charge on any atom is -0.481 e. The van der Waals surface area contributed by atoms with Crippen LogP contribution in [-0.2, 0) is 15.8 Å². The van der Waals surface area contributed by atoms with Gasteiger partial charge in [-0.05, 0) is 23.8 Å². The fraction of sp³-hybridized carbons (Fsp3) is 0.333. The number of alkyl halides is 3. The molecule has 5 N–H and O–H groups in total.